The Balaban J connectivity index is 1.50. The van der Waals surface area contributed by atoms with Crippen LogP contribution in [0.25, 0.3) is 0 Å². The molecule has 3 rings (SSSR count). The van der Waals surface area contributed by atoms with Gasteiger partial charge in [0, 0.05) is 39.3 Å². The molecule has 2 aliphatic heterocycles. The van der Waals surface area contributed by atoms with Gasteiger partial charge in [-0.3, -0.25) is 14.6 Å². The first-order valence-corrected chi connectivity index (χ1v) is 9.99. The molecule has 0 aromatic heterocycles. The summed E-state index contributed by atoms with van der Waals surface area (Å²) in [6, 6.07) is 8.65. The van der Waals surface area contributed by atoms with Gasteiger partial charge in [-0.25, -0.2) is 4.39 Å². The SMILES string of the molecule is CC(C)[C@H](C#N)N1CCN(C(=O)CN2CCO[C@@H](c3ccc(F)cc3)C2)CC1. The molecule has 152 valence electrons. The van der Waals surface area contributed by atoms with Gasteiger partial charge < -0.3 is 9.64 Å². The first-order valence-electron chi connectivity index (χ1n) is 9.99. The van der Waals surface area contributed by atoms with Crippen molar-refractivity contribution in [1.82, 2.24) is 14.7 Å². The van der Waals surface area contributed by atoms with Crippen LogP contribution in [0.5, 0.6) is 0 Å². The maximum atomic E-state index is 13.1. The number of hydrogen-bond donors (Lipinski definition) is 0. The van der Waals surface area contributed by atoms with Gasteiger partial charge in [0.2, 0.25) is 5.91 Å². The van der Waals surface area contributed by atoms with Gasteiger partial charge in [-0.1, -0.05) is 26.0 Å². The van der Waals surface area contributed by atoms with Crippen LogP contribution in [-0.4, -0.2) is 79.1 Å². The standard InChI is InChI=1S/C21H29FN4O2/c1-16(2)19(13-23)25-7-9-26(10-8-25)21(27)15-24-11-12-28-20(14-24)17-3-5-18(22)6-4-17/h3-6,16,19-20H,7-12,14-15H2,1-2H3/t19-,20+/m0/s1. The van der Waals surface area contributed by atoms with E-state index >= 15 is 0 Å². The van der Waals surface area contributed by atoms with E-state index in [0.717, 1.165) is 18.7 Å². The predicted octanol–water partition coefficient (Wildman–Crippen LogP) is 1.89. The van der Waals surface area contributed by atoms with Crippen molar-refractivity contribution in [2.24, 2.45) is 5.92 Å². The molecule has 0 unspecified atom stereocenters. The predicted molar refractivity (Wildman–Crippen MR) is 104 cm³/mol. The van der Waals surface area contributed by atoms with Gasteiger partial charge in [0.05, 0.1) is 25.3 Å². The Morgan fingerprint density at radius 1 is 1.21 bits per heavy atom. The van der Waals surface area contributed by atoms with Crippen molar-refractivity contribution in [1.29, 1.82) is 5.26 Å². The number of morpholine rings is 1. The molecule has 7 heteroatoms. The molecule has 28 heavy (non-hydrogen) atoms. The lowest BCUT2D eigenvalue weighted by Gasteiger charge is -2.39. The fourth-order valence-electron chi connectivity index (χ4n) is 3.92. The van der Waals surface area contributed by atoms with Crippen LogP contribution < -0.4 is 0 Å². The lowest BCUT2D eigenvalue weighted by Crippen LogP contribution is -2.55. The van der Waals surface area contributed by atoms with Crippen molar-refractivity contribution in [3.05, 3.63) is 35.6 Å². The minimum absolute atomic E-state index is 0.0898. The van der Waals surface area contributed by atoms with E-state index < -0.39 is 0 Å². The molecule has 0 radical (unpaired) electrons. The number of carbonyl (C=O) groups is 1. The summed E-state index contributed by atoms with van der Waals surface area (Å²) >= 11 is 0. The molecule has 0 aliphatic carbocycles. The summed E-state index contributed by atoms with van der Waals surface area (Å²) in [5.74, 6) is 0.142. The van der Waals surface area contributed by atoms with Gasteiger partial charge in [-0.05, 0) is 23.6 Å². The zero-order valence-electron chi connectivity index (χ0n) is 16.7. The van der Waals surface area contributed by atoms with Crippen LogP contribution in [0.4, 0.5) is 4.39 Å². The van der Waals surface area contributed by atoms with Crippen LogP contribution in [-0.2, 0) is 9.53 Å². The molecule has 2 atom stereocenters. The number of rotatable bonds is 5. The molecular formula is C21H29FN4O2. The Labute approximate surface area is 166 Å². The van der Waals surface area contributed by atoms with E-state index in [0.29, 0.717) is 39.3 Å². The molecule has 0 bridgehead atoms. The maximum Gasteiger partial charge on any atom is 0.236 e. The number of piperazine rings is 1. The zero-order chi connectivity index (χ0) is 20.1. The topological polar surface area (TPSA) is 59.8 Å². The summed E-state index contributed by atoms with van der Waals surface area (Å²) in [7, 11) is 0. The van der Waals surface area contributed by atoms with Crippen molar-refractivity contribution in [2.75, 3.05) is 52.4 Å². The molecule has 2 fully saturated rings. The van der Waals surface area contributed by atoms with Crippen LogP contribution in [0.1, 0.15) is 25.5 Å². The maximum absolute atomic E-state index is 13.1. The summed E-state index contributed by atoms with van der Waals surface area (Å²) in [6.07, 6.45) is -0.138. The number of nitrogens with zero attached hydrogens (tertiary/aromatic N) is 4. The molecule has 2 saturated heterocycles. The minimum Gasteiger partial charge on any atom is -0.371 e. The Bertz CT molecular complexity index is 695. The lowest BCUT2D eigenvalue weighted by atomic mass is 10.0. The Hall–Kier alpha value is -2.01. The third-order valence-corrected chi connectivity index (χ3v) is 5.58. The fraction of sp³-hybridized carbons (Fsp3) is 0.619. The quantitative estimate of drug-likeness (QED) is 0.771. The Kier molecular flexibility index (Phi) is 7.00. The van der Waals surface area contributed by atoms with E-state index in [-0.39, 0.29) is 29.8 Å². The number of hydrogen-bond acceptors (Lipinski definition) is 5. The summed E-state index contributed by atoms with van der Waals surface area (Å²) in [5.41, 5.74) is 0.934. The summed E-state index contributed by atoms with van der Waals surface area (Å²) < 4.78 is 18.9. The largest absolute Gasteiger partial charge is 0.371 e. The third-order valence-electron chi connectivity index (χ3n) is 5.58. The first kappa shape index (κ1) is 20.7. The third kappa shape index (κ3) is 5.07. The summed E-state index contributed by atoms with van der Waals surface area (Å²) in [5, 5.41) is 9.36. The highest BCUT2D eigenvalue weighted by atomic mass is 19.1. The molecule has 1 amide bonds. The van der Waals surface area contributed by atoms with E-state index in [4.69, 9.17) is 4.74 Å². The molecule has 0 saturated carbocycles. The number of amides is 1. The van der Waals surface area contributed by atoms with Gasteiger partial charge in [0.25, 0.3) is 0 Å². The highest BCUT2D eigenvalue weighted by Crippen LogP contribution is 2.22. The molecular weight excluding hydrogens is 359 g/mol. The van der Waals surface area contributed by atoms with E-state index in [2.05, 4.69) is 29.7 Å². The molecule has 1 aromatic carbocycles. The average molecular weight is 388 g/mol. The average Bonchev–Trinajstić information content (AvgIpc) is 2.69. The van der Waals surface area contributed by atoms with Gasteiger partial charge in [-0.15, -0.1) is 0 Å². The van der Waals surface area contributed by atoms with Gasteiger partial charge in [0.1, 0.15) is 11.9 Å². The summed E-state index contributed by atoms with van der Waals surface area (Å²) in [6.45, 7) is 9.18. The van der Waals surface area contributed by atoms with Crippen molar-refractivity contribution >= 4 is 5.91 Å². The van der Waals surface area contributed by atoms with E-state index in [1.165, 1.54) is 12.1 Å². The second kappa shape index (κ2) is 9.46. The number of halogens is 1. The Morgan fingerprint density at radius 3 is 2.50 bits per heavy atom. The van der Waals surface area contributed by atoms with Gasteiger partial charge in [-0.2, -0.15) is 5.26 Å². The van der Waals surface area contributed by atoms with Gasteiger partial charge in [0.15, 0.2) is 0 Å². The van der Waals surface area contributed by atoms with Crippen LogP contribution in [0.2, 0.25) is 0 Å². The first-order chi connectivity index (χ1) is 13.5. The second-order valence-corrected chi connectivity index (χ2v) is 7.88. The number of nitriles is 1. The van der Waals surface area contributed by atoms with Gasteiger partial charge >= 0.3 is 0 Å². The molecule has 0 N–H and O–H groups in total. The van der Waals surface area contributed by atoms with Crippen LogP contribution >= 0.6 is 0 Å². The van der Waals surface area contributed by atoms with E-state index in [9.17, 15) is 14.4 Å². The highest BCUT2D eigenvalue weighted by Gasteiger charge is 2.29. The van der Waals surface area contributed by atoms with Crippen molar-refractivity contribution in [3.63, 3.8) is 0 Å². The Morgan fingerprint density at radius 2 is 1.89 bits per heavy atom. The number of carbonyl (C=O) groups excluding carboxylic acids is 1. The highest BCUT2D eigenvalue weighted by molar-refractivity contribution is 5.78. The second-order valence-electron chi connectivity index (χ2n) is 7.88. The van der Waals surface area contributed by atoms with Crippen LogP contribution in [0, 0.1) is 23.1 Å². The zero-order valence-corrected chi connectivity index (χ0v) is 16.7. The van der Waals surface area contributed by atoms with E-state index in [1.54, 1.807) is 12.1 Å². The van der Waals surface area contributed by atoms with Crippen LogP contribution in [0.15, 0.2) is 24.3 Å². The molecule has 2 heterocycles. The van der Waals surface area contributed by atoms with Crippen molar-refractivity contribution in [3.8, 4) is 6.07 Å². The summed E-state index contributed by atoms with van der Waals surface area (Å²) in [4.78, 5) is 18.9. The molecule has 1 aromatic rings. The number of ether oxygens (including phenoxy) is 1. The minimum atomic E-state index is -0.262. The smallest absolute Gasteiger partial charge is 0.236 e. The van der Waals surface area contributed by atoms with E-state index in [1.807, 2.05) is 4.90 Å². The fourth-order valence-corrected chi connectivity index (χ4v) is 3.92. The molecule has 6 nitrogen and oxygen atoms in total. The lowest BCUT2D eigenvalue weighted by molar-refractivity contribution is -0.136. The molecule has 0 spiro atoms. The molecule has 2 aliphatic rings. The van der Waals surface area contributed by atoms with Crippen LogP contribution in [0.3, 0.4) is 0 Å². The number of benzene rings is 1. The van der Waals surface area contributed by atoms with Crippen molar-refractivity contribution in [2.45, 2.75) is 26.0 Å². The van der Waals surface area contributed by atoms with Crippen molar-refractivity contribution < 1.29 is 13.9 Å². The monoisotopic (exact) mass is 388 g/mol. The normalized spacial score (nSPS) is 22.8.